The zero-order valence-electron chi connectivity index (χ0n) is 11.5. The molecule has 0 aliphatic heterocycles. The maximum atomic E-state index is 11.5. The largest absolute Gasteiger partial charge is 0.478 e. The number of rotatable bonds is 5. The van der Waals surface area contributed by atoms with Crippen molar-refractivity contribution >= 4 is 21.9 Å². The molecule has 106 valence electrons. The third-order valence-corrected chi connectivity index (χ3v) is 4.10. The molecule has 0 spiro atoms. The molecular formula is C15H17BrN2O2. The number of hydrogen-bond acceptors (Lipinski definition) is 2. The molecule has 4 nitrogen and oxygen atoms in total. The molecule has 0 atom stereocenters. The van der Waals surface area contributed by atoms with Crippen LogP contribution in [0.2, 0.25) is 0 Å². The Morgan fingerprint density at radius 3 is 2.55 bits per heavy atom. The van der Waals surface area contributed by atoms with Crippen molar-refractivity contribution in [3.63, 3.8) is 0 Å². The summed E-state index contributed by atoms with van der Waals surface area (Å²) in [5.74, 6) is -0.951. The smallest absolute Gasteiger partial charge is 0.339 e. The first-order chi connectivity index (χ1) is 9.58. The summed E-state index contributed by atoms with van der Waals surface area (Å²) < 4.78 is 2.62. The van der Waals surface area contributed by atoms with Crippen molar-refractivity contribution in [1.29, 1.82) is 0 Å². The Hall–Kier alpha value is -1.62. The SMILES string of the molecule is CCC(CC)n1cc(C(=O)O)c(-c2ccccc2Br)n1. The van der Waals surface area contributed by atoms with Gasteiger partial charge in [-0.3, -0.25) is 4.68 Å². The maximum Gasteiger partial charge on any atom is 0.339 e. The standard InChI is InChI=1S/C15H17BrN2O2/c1-3-10(4-2)18-9-12(15(19)20)14(17-18)11-7-5-6-8-13(11)16/h5-10H,3-4H2,1-2H3,(H,19,20). The Labute approximate surface area is 126 Å². The van der Waals surface area contributed by atoms with Gasteiger partial charge in [-0.05, 0) is 18.9 Å². The van der Waals surface area contributed by atoms with Crippen molar-refractivity contribution in [2.24, 2.45) is 0 Å². The topological polar surface area (TPSA) is 55.1 Å². The van der Waals surface area contributed by atoms with Crippen LogP contribution in [0.4, 0.5) is 0 Å². The molecule has 1 aromatic heterocycles. The summed E-state index contributed by atoms with van der Waals surface area (Å²) in [5.41, 5.74) is 1.55. The number of carboxylic acids is 1. The molecular weight excluding hydrogens is 320 g/mol. The van der Waals surface area contributed by atoms with Crippen LogP contribution in [0.25, 0.3) is 11.3 Å². The number of aromatic nitrogens is 2. The molecule has 1 heterocycles. The van der Waals surface area contributed by atoms with Gasteiger partial charge in [0.15, 0.2) is 0 Å². The van der Waals surface area contributed by atoms with Gasteiger partial charge in [0, 0.05) is 16.2 Å². The number of halogens is 1. The second-order valence-electron chi connectivity index (χ2n) is 4.63. The Kier molecular flexibility index (Phi) is 4.60. The predicted octanol–water partition coefficient (Wildman–Crippen LogP) is 4.37. The van der Waals surface area contributed by atoms with Crippen LogP contribution in [0, 0.1) is 0 Å². The van der Waals surface area contributed by atoms with E-state index < -0.39 is 5.97 Å². The Balaban J connectivity index is 2.57. The molecule has 0 aliphatic carbocycles. The van der Waals surface area contributed by atoms with E-state index in [1.165, 1.54) is 0 Å². The molecule has 20 heavy (non-hydrogen) atoms. The second kappa shape index (κ2) is 6.22. The van der Waals surface area contributed by atoms with Gasteiger partial charge in [-0.2, -0.15) is 5.10 Å². The van der Waals surface area contributed by atoms with Gasteiger partial charge in [-0.1, -0.05) is 48.0 Å². The van der Waals surface area contributed by atoms with Crippen LogP contribution in [0.15, 0.2) is 34.9 Å². The van der Waals surface area contributed by atoms with Gasteiger partial charge in [0.2, 0.25) is 0 Å². The van der Waals surface area contributed by atoms with Crippen LogP contribution in [0.5, 0.6) is 0 Å². The number of hydrogen-bond donors (Lipinski definition) is 1. The lowest BCUT2D eigenvalue weighted by atomic mass is 10.1. The second-order valence-corrected chi connectivity index (χ2v) is 5.48. The van der Waals surface area contributed by atoms with E-state index >= 15 is 0 Å². The lowest BCUT2D eigenvalue weighted by Crippen LogP contribution is -2.07. The molecule has 0 fully saturated rings. The highest BCUT2D eigenvalue weighted by molar-refractivity contribution is 9.10. The van der Waals surface area contributed by atoms with Crippen molar-refractivity contribution in [2.45, 2.75) is 32.7 Å². The summed E-state index contributed by atoms with van der Waals surface area (Å²) in [5, 5.41) is 13.9. The zero-order valence-corrected chi connectivity index (χ0v) is 13.1. The van der Waals surface area contributed by atoms with Gasteiger partial charge in [0.1, 0.15) is 11.3 Å². The van der Waals surface area contributed by atoms with Gasteiger partial charge >= 0.3 is 5.97 Å². The minimum absolute atomic E-state index is 0.226. The summed E-state index contributed by atoms with van der Waals surface area (Å²) in [4.78, 5) is 11.5. The van der Waals surface area contributed by atoms with Crippen molar-refractivity contribution < 1.29 is 9.90 Å². The van der Waals surface area contributed by atoms with Gasteiger partial charge < -0.3 is 5.11 Å². The number of carboxylic acid groups (broad SMARTS) is 1. The van der Waals surface area contributed by atoms with Gasteiger partial charge in [-0.25, -0.2) is 4.79 Å². The number of nitrogens with zero attached hydrogens (tertiary/aromatic N) is 2. The minimum atomic E-state index is -0.951. The highest BCUT2D eigenvalue weighted by Crippen LogP contribution is 2.30. The third-order valence-electron chi connectivity index (χ3n) is 3.41. The summed E-state index contributed by atoms with van der Waals surface area (Å²) in [6.07, 6.45) is 3.48. The Morgan fingerprint density at radius 1 is 1.35 bits per heavy atom. The number of carbonyl (C=O) groups is 1. The monoisotopic (exact) mass is 336 g/mol. The van der Waals surface area contributed by atoms with E-state index in [1.807, 2.05) is 24.3 Å². The molecule has 1 aromatic carbocycles. The van der Waals surface area contributed by atoms with E-state index in [9.17, 15) is 9.90 Å². The fourth-order valence-corrected chi connectivity index (χ4v) is 2.72. The summed E-state index contributed by atoms with van der Waals surface area (Å²) in [6.45, 7) is 4.16. The number of benzene rings is 1. The van der Waals surface area contributed by atoms with Crippen LogP contribution in [-0.2, 0) is 0 Å². The fraction of sp³-hybridized carbons (Fsp3) is 0.333. The van der Waals surface area contributed by atoms with Crippen LogP contribution in [0.3, 0.4) is 0 Å². The molecule has 0 unspecified atom stereocenters. The van der Waals surface area contributed by atoms with Crippen molar-refractivity contribution in [3.05, 3.63) is 40.5 Å². The van der Waals surface area contributed by atoms with Gasteiger partial charge in [-0.15, -0.1) is 0 Å². The highest BCUT2D eigenvalue weighted by Gasteiger charge is 2.20. The molecule has 2 rings (SSSR count). The molecule has 0 saturated heterocycles. The maximum absolute atomic E-state index is 11.5. The van der Waals surface area contributed by atoms with Crippen LogP contribution in [0.1, 0.15) is 43.1 Å². The van der Waals surface area contributed by atoms with E-state index in [0.717, 1.165) is 22.9 Å². The first kappa shape index (κ1) is 14.8. The summed E-state index contributed by atoms with van der Waals surface area (Å²) in [7, 11) is 0. The summed E-state index contributed by atoms with van der Waals surface area (Å²) >= 11 is 3.45. The van der Waals surface area contributed by atoms with E-state index in [1.54, 1.807) is 10.9 Å². The third kappa shape index (κ3) is 2.77. The van der Waals surface area contributed by atoms with Crippen molar-refractivity contribution in [1.82, 2.24) is 9.78 Å². The lowest BCUT2D eigenvalue weighted by molar-refractivity contribution is 0.0697. The van der Waals surface area contributed by atoms with E-state index in [-0.39, 0.29) is 11.6 Å². The molecule has 0 saturated carbocycles. The van der Waals surface area contributed by atoms with Gasteiger partial charge in [0.05, 0.1) is 6.04 Å². The number of aromatic carboxylic acids is 1. The zero-order chi connectivity index (χ0) is 14.7. The normalized spacial score (nSPS) is 11.0. The fourth-order valence-electron chi connectivity index (χ4n) is 2.25. The van der Waals surface area contributed by atoms with Crippen molar-refractivity contribution in [2.75, 3.05) is 0 Å². The average molecular weight is 337 g/mol. The minimum Gasteiger partial charge on any atom is -0.478 e. The quantitative estimate of drug-likeness (QED) is 0.881. The lowest BCUT2D eigenvalue weighted by Gasteiger charge is -2.12. The molecule has 0 radical (unpaired) electrons. The Bertz CT molecular complexity index is 618. The predicted molar refractivity (Wildman–Crippen MR) is 81.9 cm³/mol. The summed E-state index contributed by atoms with van der Waals surface area (Å²) in [6, 6.07) is 7.75. The molecule has 2 aromatic rings. The van der Waals surface area contributed by atoms with E-state index in [4.69, 9.17) is 0 Å². The Morgan fingerprint density at radius 2 is 2.00 bits per heavy atom. The van der Waals surface area contributed by atoms with Crippen molar-refractivity contribution in [3.8, 4) is 11.3 Å². The van der Waals surface area contributed by atoms with Crippen LogP contribution < -0.4 is 0 Å². The molecule has 1 N–H and O–H groups in total. The molecule has 0 aliphatic rings. The van der Waals surface area contributed by atoms with Crippen LogP contribution >= 0.6 is 15.9 Å². The van der Waals surface area contributed by atoms with Crippen LogP contribution in [-0.4, -0.2) is 20.9 Å². The van der Waals surface area contributed by atoms with E-state index in [2.05, 4.69) is 34.9 Å². The first-order valence-electron chi connectivity index (χ1n) is 6.65. The van der Waals surface area contributed by atoms with E-state index in [0.29, 0.717) is 5.69 Å². The molecule has 0 bridgehead atoms. The first-order valence-corrected chi connectivity index (χ1v) is 7.45. The average Bonchev–Trinajstić information content (AvgIpc) is 2.86. The molecule has 5 heteroatoms. The highest BCUT2D eigenvalue weighted by atomic mass is 79.9. The van der Waals surface area contributed by atoms with Gasteiger partial charge in [0.25, 0.3) is 0 Å². The molecule has 0 amide bonds.